The number of nitrogens with zero attached hydrogens (tertiary/aromatic N) is 1. The van der Waals surface area contributed by atoms with Crippen molar-refractivity contribution in [3.8, 4) is 0 Å². The Labute approximate surface area is 194 Å². The van der Waals surface area contributed by atoms with E-state index in [4.69, 9.17) is 23.2 Å². The largest absolute Gasteiger partial charge is 0.352 e. The number of hydrogen-bond donors (Lipinski definition) is 2. The fourth-order valence-corrected chi connectivity index (χ4v) is 5.36. The van der Waals surface area contributed by atoms with Crippen molar-refractivity contribution in [2.75, 3.05) is 24.4 Å². The van der Waals surface area contributed by atoms with Crippen LogP contribution in [-0.4, -0.2) is 44.9 Å². The molecule has 168 valence electrons. The molecule has 0 saturated carbocycles. The van der Waals surface area contributed by atoms with Crippen LogP contribution in [0.4, 0.5) is 5.69 Å². The monoisotopic (exact) mass is 483 g/mol. The van der Waals surface area contributed by atoms with Crippen LogP contribution in [0.25, 0.3) is 0 Å². The van der Waals surface area contributed by atoms with Gasteiger partial charge in [0.05, 0.1) is 5.02 Å². The van der Waals surface area contributed by atoms with Crippen LogP contribution in [0, 0.1) is 5.92 Å². The van der Waals surface area contributed by atoms with Gasteiger partial charge in [0.2, 0.25) is 0 Å². The van der Waals surface area contributed by atoms with Gasteiger partial charge in [-0.15, -0.1) is 0 Å². The van der Waals surface area contributed by atoms with Crippen LogP contribution in [0.2, 0.25) is 10.0 Å². The fourth-order valence-electron chi connectivity index (χ4n) is 3.65. The van der Waals surface area contributed by atoms with Crippen LogP contribution in [0.1, 0.15) is 37.0 Å². The molecule has 9 heteroatoms. The minimum absolute atomic E-state index is 0.0397. The number of hydrogen-bond acceptors (Lipinski definition) is 4. The van der Waals surface area contributed by atoms with Gasteiger partial charge < -0.3 is 10.2 Å². The second-order valence-corrected chi connectivity index (χ2v) is 10.6. The van der Waals surface area contributed by atoms with Crippen LogP contribution in [0.15, 0.2) is 47.4 Å². The van der Waals surface area contributed by atoms with Gasteiger partial charge in [0, 0.05) is 35.4 Å². The van der Waals surface area contributed by atoms with Gasteiger partial charge >= 0.3 is 0 Å². The first kappa shape index (κ1) is 23.9. The highest BCUT2D eigenvalue weighted by Crippen LogP contribution is 2.26. The van der Waals surface area contributed by atoms with Crippen LogP contribution >= 0.6 is 23.2 Å². The molecule has 0 bridgehead atoms. The van der Waals surface area contributed by atoms with E-state index < -0.39 is 10.0 Å². The predicted octanol–water partition coefficient (Wildman–Crippen LogP) is 4.64. The average Bonchev–Trinajstić information content (AvgIpc) is 2.74. The average molecular weight is 484 g/mol. The molecule has 1 atom stereocenters. The summed E-state index contributed by atoms with van der Waals surface area (Å²) in [7, 11) is -3.98. The van der Waals surface area contributed by atoms with Crippen LogP contribution < -0.4 is 10.0 Å². The van der Waals surface area contributed by atoms with Crippen molar-refractivity contribution in [2.45, 2.75) is 37.6 Å². The van der Waals surface area contributed by atoms with Crippen molar-refractivity contribution in [3.63, 3.8) is 0 Å². The maximum atomic E-state index is 12.8. The third-order valence-corrected chi connectivity index (χ3v) is 7.53. The number of halogens is 2. The molecule has 1 aliphatic heterocycles. The van der Waals surface area contributed by atoms with Gasteiger partial charge in [0.15, 0.2) is 0 Å². The Morgan fingerprint density at radius 1 is 1.16 bits per heavy atom. The molecule has 2 aromatic rings. The zero-order chi connectivity index (χ0) is 22.6. The topological polar surface area (TPSA) is 78.5 Å². The lowest BCUT2D eigenvalue weighted by atomic mass is 9.97. The minimum atomic E-state index is -3.98. The summed E-state index contributed by atoms with van der Waals surface area (Å²) in [5.74, 6) is 0.0588. The number of amides is 1. The molecule has 6 nitrogen and oxygen atoms in total. The van der Waals surface area contributed by atoms with Gasteiger partial charge in [-0.25, -0.2) is 8.42 Å². The molecule has 0 spiro atoms. The molecule has 0 aromatic heterocycles. The molecule has 1 amide bonds. The maximum Gasteiger partial charge on any atom is 0.263 e. The minimum Gasteiger partial charge on any atom is -0.352 e. The molecular weight excluding hydrogens is 457 g/mol. The Balaban J connectivity index is 1.69. The molecule has 1 unspecified atom stereocenters. The molecule has 0 radical (unpaired) electrons. The quantitative estimate of drug-likeness (QED) is 0.600. The first-order valence-electron chi connectivity index (χ1n) is 10.3. The number of nitrogens with one attached hydrogen (secondary N) is 2. The molecule has 3 rings (SSSR count). The third kappa shape index (κ3) is 6.35. The number of piperidine rings is 1. The maximum absolute atomic E-state index is 12.8. The molecule has 1 saturated heterocycles. The van der Waals surface area contributed by atoms with E-state index in [1.807, 2.05) is 0 Å². The van der Waals surface area contributed by atoms with E-state index >= 15 is 0 Å². The second kappa shape index (κ2) is 10.2. The Kier molecular flexibility index (Phi) is 7.86. The highest BCUT2D eigenvalue weighted by molar-refractivity contribution is 7.92. The number of rotatable bonds is 7. The molecule has 1 aliphatic rings. The van der Waals surface area contributed by atoms with E-state index in [1.54, 1.807) is 24.3 Å². The summed E-state index contributed by atoms with van der Waals surface area (Å²) >= 11 is 12.0. The molecule has 1 fully saturated rings. The van der Waals surface area contributed by atoms with Gasteiger partial charge in [-0.3, -0.25) is 9.52 Å². The zero-order valence-electron chi connectivity index (χ0n) is 17.6. The summed E-state index contributed by atoms with van der Waals surface area (Å²) in [6.07, 6.45) is 2.17. The van der Waals surface area contributed by atoms with Gasteiger partial charge in [-0.2, -0.15) is 0 Å². The van der Waals surface area contributed by atoms with E-state index in [9.17, 15) is 13.2 Å². The number of carbonyl (C=O) groups excluding carboxylic acids is 1. The van der Waals surface area contributed by atoms with Crippen molar-refractivity contribution in [2.24, 2.45) is 5.92 Å². The Morgan fingerprint density at radius 3 is 2.55 bits per heavy atom. The molecule has 31 heavy (non-hydrogen) atoms. The molecule has 0 aliphatic carbocycles. The number of carbonyl (C=O) groups is 1. The SMILES string of the molecule is CC(C)N1CCCC(CNC(=O)c2ccc(Cl)c(S(=O)(=O)Nc3ccc(Cl)cc3)c2)C1. The van der Waals surface area contributed by atoms with Crippen molar-refractivity contribution >= 4 is 44.8 Å². The fraction of sp³-hybridized carbons (Fsp3) is 0.409. The lowest BCUT2D eigenvalue weighted by molar-refractivity contribution is 0.0922. The molecule has 1 heterocycles. The van der Waals surface area contributed by atoms with Gasteiger partial charge in [-0.05, 0) is 81.6 Å². The first-order valence-corrected chi connectivity index (χ1v) is 12.5. The molecular formula is C22H27Cl2N3O3S. The van der Waals surface area contributed by atoms with Crippen LogP contribution in [-0.2, 0) is 10.0 Å². The van der Waals surface area contributed by atoms with Crippen molar-refractivity contribution < 1.29 is 13.2 Å². The number of benzene rings is 2. The highest BCUT2D eigenvalue weighted by atomic mass is 35.5. The van der Waals surface area contributed by atoms with E-state index in [0.717, 1.165) is 25.9 Å². The summed E-state index contributed by atoms with van der Waals surface area (Å²) in [5.41, 5.74) is 0.597. The van der Waals surface area contributed by atoms with Crippen molar-refractivity contribution in [3.05, 3.63) is 58.1 Å². The number of sulfonamides is 1. The highest BCUT2D eigenvalue weighted by Gasteiger charge is 2.23. The van der Waals surface area contributed by atoms with E-state index in [-0.39, 0.29) is 21.4 Å². The zero-order valence-corrected chi connectivity index (χ0v) is 19.9. The standard InChI is InChI=1S/C22H27Cl2N3O3S/c1-15(2)27-11-3-4-16(14-27)13-25-22(28)17-5-10-20(24)21(12-17)31(29,30)26-19-8-6-18(23)7-9-19/h5-10,12,15-16,26H,3-4,11,13-14H2,1-2H3,(H,25,28). The Bertz CT molecular complexity index is 1030. The molecule has 2 aromatic carbocycles. The smallest absolute Gasteiger partial charge is 0.263 e. The summed E-state index contributed by atoms with van der Waals surface area (Å²) in [4.78, 5) is 15.0. The van der Waals surface area contributed by atoms with Gasteiger partial charge in [-0.1, -0.05) is 23.2 Å². The van der Waals surface area contributed by atoms with Crippen LogP contribution in [0.3, 0.4) is 0 Å². The first-order chi connectivity index (χ1) is 14.7. The van der Waals surface area contributed by atoms with Crippen LogP contribution in [0.5, 0.6) is 0 Å². The van der Waals surface area contributed by atoms with E-state index in [0.29, 0.717) is 29.2 Å². The lowest BCUT2D eigenvalue weighted by Crippen LogP contribution is -2.43. The van der Waals surface area contributed by atoms with Gasteiger partial charge in [0.25, 0.3) is 15.9 Å². The molecule has 2 N–H and O–H groups in total. The van der Waals surface area contributed by atoms with Gasteiger partial charge in [0.1, 0.15) is 4.90 Å². The predicted molar refractivity (Wildman–Crippen MR) is 125 cm³/mol. The number of likely N-dealkylation sites (tertiary alicyclic amines) is 1. The Morgan fingerprint density at radius 2 is 1.87 bits per heavy atom. The summed E-state index contributed by atoms with van der Waals surface area (Å²) < 4.78 is 28.1. The van der Waals surface area contributed by atoms with E-state index in [1.165, 1.54) is 18.2 Å². The summed E-state index contributed by atoms with van der Waals surface area (Å²) in [5, 5.41) is 3.48. The summed E-state index contributed by atoms with van der Waals surface area (Å²) in [6.45, 7) is 6.93. The van der Waals surface area contributed by atoms with Crippen molar-refractivity contribution in [1.29, 1.82) is 0 Å². The van der Waals surface area contributed by atoms with Crippen molar-refractivity contribution in [1.82, 2.24) is 10.2 Å². The van der Waals surface area contributed by atoms with E-state index in [2.05, 4.69) is 28.8 Å². The third-order valence-electron chi connectivity index (χ3n) is 5.41. The second-order valence-electron chi connectivity index (χ2n) is 8.06. The Hall–Kier alpha value is -1.80. The summed E-state index contributed by atoms with van der Waals surface area (Å²) in [6, 6.07) is 11.0. The number of anilines is 1. The normalized spacial score (nSPS) is 17.5. The lowest BCUT2D eigenvalue weighted by Gasteiger charge is -2.35.